The number of hydrogen-bond donors (Lipinski definition) is 2. The van der Waals surface area contributed by atoms with Crippen molar-refractivity contribution >= 4 is 29.3 Å². The summed E-state index contributed by atoms with van der Waals surface area (Å²) in [7, 11) is 0. The highest BCUT2D eigenvalue weighted by Crippen LogP contribution is 2.17. The average Bonchev–Trinajstić information content (AvgIpc) is 2.59. The second kappa shape index (κ2) is 8.27. The lowest BCUT2D eigenvalue weighted by atomic mass is 10.1. The fourth-order valence-corrected chi connectivity index (χ4v) is 2.25. The van der Waals surface area contributed by atoms with E-state index in [4.69, 9.17) is 0 Å². The van der Waals surface area contributed by atoms with Crippen LogP contribution in [0.5, 0.6) is 0 Å². The van der Waals surface area contributed by atoms with E-state index in [1.807, 2.05) is 20.8 Å². The monoisotopic (exact) mass is 367 g/mol. The summed E-state index contributed by atoms with van der Waals surface area (Å²) in [5, 5.41) is 16.2. The summed E-state index contributed by atoms with van der Waals surface area (Å²) in [6, 6.07) is 12.6. The number of carbonyl (C=O) groups is 2. The third-order valence-corrected chi connectivity index (χ3v) is 3.45. The third-order valence-electron chi connectivity index (χ3n) is 3.45. The summed E-state index contributed by atoms with van der Waals surface area (Å²) in [6.07, 6.45) is 2.84. The fraction of sp³-hybridized carbons (Fsp3) is 0.200. The summed E-state index contributed by atoms with van der Waals surface area (Å²) in [5.41, 5.74) is 0.997. The van der Waals surface area contributed by atoms with Crippen molar-refractivity contribution in [3.63, 3.8) is 0 Å². The molecule has 2 N–H and O–H groups in total. The normalized spacial score (nSPS) is 11.2. The zero-order valence-corrected chi connectivity index (χ0v) is 15.4. The Hall–Kier alpha value is -3.48. The van der Waals surface area contributed by atoms with Gasteiger partial charge >= 0.3 is 0 Å². The van der Waals surface area contributed by atoms with Gasteiger partial charge in [-0.2, -0.15) is 0 Å². The van der Waals surface area contributed by atoms with Crippen molar-refractivity contribution in [1.29, 1.82) is 0 Å². The summed E-state index contributed by atoms with van der Waals surface area (Å²) >= 11 is 0. The van der Waals surface area contributed by atoms with Crippen LogP contribution in [0.25, 0.3) is 6.08 Å². The van der Waals surface area contributed by atoms with Crippen LogP contribution in [0.3, 0.4) is 0 Å². The van der Waals surface area contributed by atoms with Gasteiger partial charge in [-0.25, -0.2) is 0 Å². The van der Waals surface area contributed by atoms with E-state index < -0.39 is 16.4 Å². The third kappa shape index (κ3) is 6.07. The lowest BCUT2D eigenvalue weighted by Gasteiger charge is -2.21. The van der Waals surface area contributed by atoms with Gasteiger partial charge in [0.2, 0.25) is 5.91 Å². The van der Waals surface area contributed by atoms with Gasteiger partial charge in [-0.15, -0.1) is 0 Å². The molecule has 7 heteroatoms. The minimum Gasteiger partial charge on any atom is -0.347 e. The second-order valence-corrected chi connectivity index (χ2v) is 6.92. The molecule has 0 saturated heterocycles. The van der Waals surface area contributed by atoms with Gasteiger partial charge in [0, 0.05) is 23.7 Å². The van der Waals surface area contributed by atoms with E-state index in [9.17, 15) is 19.7 Å². The molecule has 2 aromatic carbocycles. The number of non-ortho nitro benzene ring substituents is 1. The zero-order chi connectivity index (χ0) is 20.0. The zero-order valence-electron chi connectivity index (χ0n) is 15.4. The first-order chi connectivity index (χ1) is 12.7. The Bertz CT molecular complexity index is 881. The second-order valence-electron chi connectivity index (χ2n) is 6.92. The smallest absolute Gasteiger partial charge is 0.269 e. The molecular weight excluding hydrogens is 346 g/mol. The largest absolute Gasteiger partial charge is 0.347 e. The van der Waals surface area contributed by atoms with Gasteiger partial charge in [0.25, 0.3) is 11.6 Å². The molecule has 2 rings (SSSR count). The molecule has 0 aliphatic heterocycles. The van der Waals surface area contributed by atoms with Gasteiger partial charge < -0.3 is 10.6 Å². The van der Waals surface area contributed by atoms with Gasteiger partial charge in [-0.1, -0.05) is 12.1 Å². The Morgan fingerprint density at radius 1 is 1.04 bits per heavy atom. The molecule has 0 fully saturated rings. The van der Waals surface area contributed by atoms with E-state index in [-0.39, 0.29) is 11.6 Å². The van der Waals surface area contributed by atoms with Crippen LogP contribution in [0.15, 0.2) is 54.6 Å². The van der Waals surface area contributed by atoms with E-state index >= 15 is 0 Å². The Kier molecular flexibility index (Phi) is 6.07. The maximum atomic E-state index is 12.4. The topological polar surface area (TPSA) is 101 Å². The predicted octanol–water partition coefficient (Wildman–Crippen LogP) is 3.78. The number of nitro benzene ring substituents is 1. The van der Waals surface area contributed by atoms with Crippen LogP contribution in [-0.4, -0.2) is 22.3 Å². The average molecular weight is 367 g/mol. The van der Waals surface area contributed by atoms with Crippen molar-refractivity contribution in [1.82, 2.24) is 5.32 Å². The maximum Gasteiger partial charge on any atom is 0.269 e. The summed E-state index contributed by atoms with van der Waals surface area (Å²) in [5.74, 6) is -0.692. The van der Waals surface area contributed by atoms with Crippen molar-refractivity contribution in [2.75, 3.05) is 5.32 Å². The molecule has 27 heavy (non-hydrogen) atoms. The summed E-state index contributed by atoms with van der Waals surface area (Å²) in [6.45, 7) is 5.62. The SMILES string of the molecule is CC(C)(C)NC(=O)c1ccccc1NC(=O)/C=C/c1ccc([N+](=O)[O-])cc1. The maximum absolute atomic E-state index is 12.4. The lowest BCUT2D eigenvalue weighted by molar-refractivity contribution is -0.384. The molecule has 0 radical (unpaired) electrons. The van der Waals surface area contributed by atoms with Gasteiger partial charge in [0.05, 0.1) is 16.2 Å². The standard InChI is InChI=1S/C20H21N3O4/c1-20(2,3)22-19(25)16-6-4-5-7-17(16)21-18(24)13-10-14-8-11-15(12-9-14)23(26)27/h4-13H,1-3H3,(H,21,24)(H,22,25)/b13-10+. The highest BCUT2D eigenvalue weighted by Gasteiger charge is 2.18. The van der Waals surface area contributed by atoms with Gasteiger partial charge in [0.15, 0.2) is 0 Å². The number of benzene rings is 2. The molecule has 0 spiro atoms. The number of anilines is 1. The number of nitro groups is 1. The Morgan fingerprint density at radius 2 is 1.67 bits per heavy atom. The van der Waals surface area contributed by atoms with E-state index in [0.717, 1.165) is 0 Å². The highest BCUT2D eigenvalue weighted by atomic mass is 16.6. The van der Waals surface area contributed by atoms with Gasteiger partial charge in [0.1, 0.15) is 0 Å². The molecule has 2 aromatic rings. The van der Waals surface area contributed by atoms with Gasteiger partial charge in [-0.3, -0.25) is 19.7 Å². The number of hydrogen-bond acceptors (Lipinski definition) is 4. The van der Waals surface area contributed by atoms with Crippen LogP contribution in [0.4, 0.5) is 11.4 Å². The molecule has 0 saturated carbocycles. The van der Waals surface area contributed by atoms with Crippen LogP contribution in [0.1, 0.15) is 36.7 Å². The van der Waals surface area contributed by atoms with Crippen LogP contribution < -0.4 is 10.6 Å². The van der Waals surface area contributed by atoms with E-state index in [2.05, 4.69) is 10.6 Å². The first-order valence-corrected chi connectivity index (χ1v) is 8.31. The van der Waals surface area contributed by atoms with Crippen LogP contribution in [0, 0.1) is 10.1 Å². The molecule has 0 atom stereocenters. The number of rotatable bonds is 5. The van der Waals surface area contributed by atoms with Crippen molar-refractivity contribution in [2.24, 2.45) is 0 Å². The first kappa shape index (κ1) is 19.8. The highest BCUT2D eigenvalue weighted by molar-refractivity contribution is 6.07. The first-order valence-electron chi connectivity index (χ1n) is 8.31. The predicted molar refractivity (Wildman–Crippen MR) is 104 cm³/mol. The van der Waals surface area contributed by atoms with E-state index in [0.29, 0.717) is 16.8 Å². The molecule has 0 unspecified atom stereocenters. The van der Waals surface area contributed by atoms with Crippen LogP contribution >= 0.6 is 0 Å². The quantitative estimate of drug-likeness (QED) is 0.477. The molecule has 0 aliphatic carbocycles. The molecule has 0 heterocycles. The Balaban J connectivity index is 2.09. The number of amides is 2. The van der Waals surface area contributed by atoms with Gasteiger partial charge in [-0.05, 0) is 56.7 Å². The van der Waals surface area contributed by atoms with E-state index in [1.54, 1.807) is 36.4 Å². The van der Waals surface area contributed by atoms with Crippen molar-refractivity contribution in [3.8, 4) is 0 Å². The number of nitrogens with one attached hydrogen (secondary N) is 2. The molecular formula is C20H21N3O4. The Morgan fingerprint density at radius 3 is 2.26 bits per heavy atom. The molecule has 0 aliphatic rings. The molecule has 7 nitrogen and oxygen atoms in total. The van der Waals surface area contributed by atoms with E-state index in [1.165, 1.54) is 24.3 Å². The molecule has 2 amide bonds. The van der Waals surface area contributed by atoms with Crippen LogP contribution in [0.2, 0.25) is 0 Å². The molecule has 0 bridgehead atoms. The number of nitrogens with zero attached hydrogens (tertiary/aromatic N) is 1. The summed E-state index contributed by atoms with van der Waals surface area (Å²) < 4.78 is 0. The minimum atomic E-state index is -0.486. The lowest BCUT2D eigenvalue weighted by Crippen LogP contribution is -2.40. The number of para-hydroxylation sites is 1. The Labute approximate surface area is 157 Å². The van der Waals surface area contributed by atoms with Crippen molar-refractivity contribution in [3.05, 3.63) is 75.8 Å². The molecule has 0 aromatic heterocycles. The fourth-order valence-electron chi connectivity index (χ4n) is 2.25. The van der Waals surface area contributed by atoms with Crippen molar-refractivity contribution < 1.29 is 14.5 Å². The molecule has 140 valence electrons. The van der Waals surface area contributed by atoms with Crippen LogP contribution in [-0.2, 0) is 4.79 Å². The minimum absolute atomic E-state index is 0.0182. The number of carbonyl (C=O) groups excluding carboxylic acids is 2. The summed E-state index contributed by atoms with van der Waals surface area (Å²) in [4.78, 5) is 34.7. The van der Waals surface area contributed by atoms with Crippen molar-refractivity contribution in [2.45, 2.75) is 26.3 Å².